The highest BCUT2D eigenvalue weighted by molar-refractivity contribution is 5.91. The van der Waals surface area contributed by atoms with E-state index in [1.54, 1.807) is 24.3 Å². The molecule has 2 aromatic heterocycles. The average molecular weight is 428 g/mol. The van der Waals surface area contributed by atoms with Crippen LogP contribution < -0.4 is 10.1 Å². The lowest BCUT2D eigenvalue weighted by Crippen LogP contribution is -2.56. The first kappa shape index (κ1) is 21.1. The third kappa shape index (κ3) is 4.81. The van der Waals surface area contributed by atoms with Gasteiger partial charge in [0, 0.05) is 42.5 Å². The number of amides is 2. The maximum atomic E-state index is 12.3. The summed E-state index contributed by atoms with van der Waals surface area (Å²) in [4.78, 5) is 30.5. The molecule has 0 unspecified atom stereocenters. The molecule has 1 aliphatic heterocycles. The van der Waals surface area contributed by atoms with Gasteiger partial charge in [0.05, 0.1) is 13.5 Å². The molecule has 2 aromatic rings. The Morgan fingerprint density at radius 3 is 2.81 bits per heavy atom. The first-order valence-corrected chi connectivity index (χ1v) is 10.7. The number of ether oxygens (including phenoxy) is 2. The lowest BCUT2D eigenvalue weighted by Gasteiger charge is -2.44. The van der Waals surface area contributed by atoms with Crippen LogP contribution in [0.5, 0.6) is 5.88 Å². The summed E-state index contributed by atoms with van der Waals surface area (Å²) in [5.41, 5.74) is 1.74. The number of nitrogens with zero attached hydrogens (tertiary/aromatic N) is 3. The monoisotopic (exact) mass is 427 g/mol. The average Bonchev–Trinajstić information content (AvgIpc) is 3.41. The Morgan fingerprint density at radius 1 is 1.29 bits per heavy atom. The predicted octanol–water partition coefficient (Wildman–Crippen LogP) is 3.11. The van der Waals surface area contributed by atoms with Crippen LogP contribution in [0, 0.1) is 5.92 Å². The maximum absolute atomic E-state index is 12.3. The van der Waals surface area contributed by atoms with Gasteiger partial charge in [-0.2, -0.15) is 5.10 Å². The molecular weight excluding hydrogens is 398 g/mol. The van der Waals surface area contributed by atoms with Crippen molar-refractivity contribution < 1.29 is 19.1 Å². The summed E-state index contributed by atoms with van der Waals surface area (Å²) >= 11 is 0. The fourth-order valence-corrected chi connectivity index (χ4v) is 4.20. The summed E-state index contributed by atoms with van der Waals surface area (Å²) in [6.07, 6.45) is 4.04. The fraction of sp³-hybridized carbons (Fsp3) is 0.545. The molecule has 0 spiro atoms. The Morgan fingerprint density at radius 2 is 2.13 bits per heavy atom. The summed E-state index contributed by atoms with van der Waals surface area (Å²) in [6.45, 7) is 4.97. The second-order valence-corrected chi connectivity index (χ2v) is 8.53. The minimum atomic E-state index is -0.207. The number of hydrogen-bond acceptors (Lipinski definition) is 6. The van der Waals surface area contributed by atoms with E-state index in [0.717, 1.165) is 37.1 Å². The van der Waals surface area contributed by atoms with Crippen LogP contribution in [0.3, 0.4) is 0 Å². The molecule has 2 N–H and O–H groups in total. The van der Waals surface area contributed by atoms with Crippen LogP contribution in [0.4, 0.5) is 10.6 Å². The minimum absolute atomic E-state index is 0.0791. The van der Waals surface area contributed by atoms with Crippen LogP contribution in [0.2, 0.25) is 0 Å². The van der Waals surface area contributed by atoms with Crippen molar-refractivity contribution in [3.8, 4) is 5.88 Å². The molecule has 0 aromatic carbocycles. The fourth-order valence-electron chi connectivity index (χ4n) is 4.20. The summed E-state index contributed by atoms with van der Waals surface area (Å²) in [7, 11) is 1.55. The molecule has 1 aliphatic carbocycles. The number of pyridine rings is 1. The second kappa shape index (κ2) is 8.95. The third-order valence-corrected chi connectivity index (χ3v) is 6.36. The van der Waals surface area contributed by atoms with E-state index in [9.17, 15) is 9.59 Å². The van der Waals surface area contributed by atoms with Crippen molar-refractivity contribution in [3.05, 3.63) is 35.7 Å². The summed E-state index contributed by atoms with van der Waals surface area (Å²) in [5.74, 6) is 1.60. The van der Waals surface area contributed by atoms with Crippen molar-refractivity contribution in [2.24, 2.45) is 5.92 Å². The minimum Gasteiger partial charge on any atom is -0.481 e. The van der Waals surface area contributed by atoms with Crippen LogP contribution >= 0.6 is 0 Å². The lowest BCUT2D eigenvalue weighted by atomic mass is 9.93. The zero-order chi connectivity index (χ0) is 22.0. The molecule has 31 heavy (non-hydrogen) atoms. The second-order valence-electron chi connectivity index (χ2n) is 8.53. The van der Waals surface area contributed by atoms with Gasteiger partial charge in [-0.3, -0.25) is 9.89 Å². The van der Waals surface area contributed by atoms with E-state index in [-0.39, 0.29) is 36.5 Å². The van der Waals surface area contributed by atoms with Crippen molar-refractivity contribution in [1.29, 1.82) is 0 Å². The molecule has 2 aliphatic rings. The van der Waals surface area contributed by atoms with Gasteiger partial charge in [0.2, 0.25) is 11.8 Å². The van der Waals surface area contributed by atoms with E-state index in [4.69, 9.17) is 9.47 Å². The third-order valence-electron chi connectivity index (χ3n) is 6.36. The summed E-state index contributed by atoms with van der Waals surface area (Å²) < 4.78 is 10.7. The van der Waals surface area contributed by atoms with Crippen molar-refractivity contribution >= 4 is 17.8 Å². The molecule has 4 rings (SSSR count). The standard InChI is InChI=1S/C22H29N5O4/c1-13-12-27(14(13)2)22(29)31-17-6-5-16(9-17)18-10-19(26-25-18)24-20(28)8-15-4-7-21(30-3)23-11-15/h4,7,10-11,13-14,16-17H,5-6,8-9,12H2,1-3H3,(H2,24,25,26,28)/t13-,14-,16-,17+/m0/s1. The quantitative estimate of drug-likeness (QED) is 0.733. The Balaban J connectivity index is 1.25. The van der Waals surface area contributed by atoms with Gasteiger partial charge in [-0.15, -0.1) is 0 Å². The zero-order valence-corrected chi connectivity index (χ0v) is 18.1. The SMILES string of the molecule is COc1ccc(CC(=O)Nc2cc([C@H]3CC[C@@H](OC(=O)N4C[C@H](C)[C@@H]4C)C3)[nH]n2)cn1. The van der Waals surface area contributed by atoms with Gasteiger partial charge in [0.1, 0.15) is 6.10 Å². The molecule has 3 heterocycles. The number of aromatic amines is 1. The van der Waals surface area contributed by atoms with Gasteiger partial charge in [-0.25, -0.2) is 9.78 Å². The van der Waals surface area contributed by atoms with Gasteiger partial charge in [-0.1, -0.05) is 13.0 Å². The zero-order valence-electron chi connectivity index (χ0n) is 18.1. The van der Waals surface area contributed by atoms with Crippen LogP contribution in [0.15, 0.2) is 24.4 Å². The van der Waals surface area contributed by atoms with Crippen molar-refractivity contribution in [1.82, 2.24) is 20.1 Å². The number of methoxy groups -OCH3 is 1. The Kier molecular flexibility index (Phi) is 6.11. The van der Waals surface area contributed by atoms with E-state index in [2.05, 4.69) is 34.3 Å². The predicted molar refractivity (Wildman–Crippen MR) is 114 cm³/mol. The molecule has 166 valence electrons. The van der Waals surface area contributed by atoms with E-state index in [1.165, 1.54) is 0 Å². The number of likely N-dealkylation sites (tertiary alicyclic amines) is 1. The van der Waals surface area contributed by atoms with E-state index in [1.807, 2.05) is 12.1 Å². The Labute approximate surface area is 181 Å². The van der Waals surface area contributed by atoms with E-state index < -0.39 is 0 Å². The molecule has 1 saturated carbocycles. The normalized spacial score (nSPS) is 25.1. The number of nitrogens with one attached hydrogen (secondary N) is 2. The van der Waals surface area contributed by atoms with Gasteiger partial charge < -0.3 is 19.7 Å². The molecule has 9 heteroatoms. The first-order chi connectivity index (χ1) is 14.9. The van der Waals surface area contributed by atoms with Crippen LogP contribution in [0.25, 0.3) is 0 Å². The number of hydrogen-bond donors (Lipinski definition) is 2. The van der Waals surface area contributed by atoms with Crippen LogP contribution in [0.1, 0.15) is 50.3 Å². The molecule has 0 bridgehead atoms. The first-order valence-electron chi connectivity index (χ1n) is 10.7. The summed E-state index contributed by atoms with van der Waals surface area (Å²) in [6, 6.07) is 5.64. The molecule has 9 nitrogen and oxygen atoms in total. The molecule has 2 amide bonds. The molecular formula is C22H29N5O4. The molecule has 4 atom stereocenters. The number of carbonyl (C=O) groups excluding carboxylic acids is 2. The number of aromatic nitrogens is 3. The number of rotatable bonds is 6. The van der Waals surface area contributed by atoms with Gasteiger partial charge in [0.25, 0.3) is 0 Å². The summed E-state index contributed by atoms with van der Waals surface area (Å²) in [5, 5.41) is 10.0. The van der Waals surface area contributed by atoms with Crippen molar-refractivity contribution in [2.75, 3.05) is 19.0 Å². The van der Waals surface area contributed by atoms with E-state index in [0.29, 0.717) is 17.6 Å². The lowest BCUT2D eigenvalue weighted by molar-refractivity contribution is -0.115. The number of H-pyrrole nitrogens is 1. The van der Waals surface area contributed by atoms with Gasteiger partial charge in [-0.05, 0) is 37.7 Å². The highest BCUT2D eigenvalue weighted by Gasteiger charge is 2.38. The van der Waals surface area contributed by atoms with Crippen molar-refractivity contribution in [2.45, 2.75) is 57.6 Å². The van der Waals surface area contributed by atoms with Gasteiger partial charge >= 0.3 is 6.09 Å². The Bertz CT molecular complexity index is 928. The molecule has 1 saturated heterocycles. The Hall–Kier alpha value is -3.10. The highest BCUT2D eigenvalue weighted by Crippen LogP contribution is 2.36. The largest absolute Gasteiger partial charge is 0.481 e. The maximum Gasteiger partial charge on any atom is 0.410 e. The van der Waals surface area contributed by atoms with Gasteiger partial charge in [0.15, 0.2) is 5.82 Å². The van der Waals surface area contributed by atoms with Crippen LogP contribution in [-0.2, 0) is 16.0 Å². The van der Waals surface area contributed by atoms with E-state index >= 15 is 0 Å². The molecule has 0 radical (unpaired) electrons. The highest BCUT2D eigenvalue weighted by atomic mass is 16.6. The number of carbonyl (C=O) groups is 2. The number of anilines is 1. The smallest absolute Gasteiger partial charge is 0.410 e. The molecule has 2 fully saturated rings. The van der Waals surface area contributed by atoms with Crippen LogP contribution in [-0.4, -0.2) is 57.9 Å². The topological polar surface area (TPSA) is 109 Å². The van der Waals surface area contributed by atoms with Crippen molar-refractivity contribution in [3.63, 3.8) is 0 Å².